The Morgan fingerprint density at radius 1 is 1.03 bits per heavy atom. The van der Waals surface area contributed by atoms with Crippen molar-refractivity contribution in [1.82, 2.24) is 10.6 Å². The third-order valence-electron chi connectivity index (χ3n) is 4.27. The zero-order valence-corrected chi connectivity index (χ0v) is 17.0. The number of imide groups is 1. The first kappa shape index (κ1) is 21.8. The summed E-state index contributed by atoms with van der Waals surface area (Å²) in [4.78, 5) is 36.1. The monoisotopic (exact) mass is 430 g/mol. The maximum Gasteiger partial charge on any atom is 0.342 e. The number of methoxy groups -OCH3 is 2. The molecule has 2 aromatic rings. The van der Waals surface area contributed by atoms with Crippen molar-refractivity contribution in [1.29, 1.82) is 0 Å². The van der Waals surface area contributed by atoms with Gasteiger partial charge in [-0.15, -0.1) is 0 Å². The van der Waals surface area contributed by atoms with Crippen LogP contribution in [0, 0.1) is 0 Å². The number of urea groups is 1. The first-order valence-corrected chi connectivity index (χ1v) is 9.36. The fraction of sp³-hybridized carbons (Fsp3) is 0.286. The zero-order valence-electron chi connectivity index (χ0n) is 17.0. The summed E-state index contributed by atoms with van der Waals surface area (Å²) in [7, 11) is 2.81. The van der Waals surface area contributed by atoms with Crippen molar-refractivity contribution in [3.8, 4) is 23.0 Å². The molecule has 0 radical (unpaired) electrons. The number of esters is 1. The number of hydrogen-bond acceptors (Lipinski definition) is 8. The number of carbonyl (C=O) groups is 3. The van der Waals surface area contributed by atoms with Crippen molar-refractivity contribution in [2.24, 2.45) is 0 Å². The molecule has 3 rings (SSSR count). The van der Waals surface area contributed by atoms with Crippen LogP contribution in [0.15, 0.2) is 42.5 Å². The molecular formula is C21H22N2O8. The van der Waals surface area contributed by atoms with E-state index in [1.165, 1.54) is 20.3 Å². The van der Waals surface area contributed by atoms with Gasteiger partial charge in [0.05, 0.1) is 20.8 Å². The molecule has 164 valence electrons. The SMILES string of the molecule is COc1cccc(C(=O)OCC(=O)NC(=O)NCC2COc3ccccc3O2)c1OC. The van der Waals surface area contributed by atoms with E-state index < -0.39 is 30.6 Å². The lowest BCUT2D eigenvalue weighted by Gasteiger charge is -2.26. The molecular weight excluding hydrogens is 408 g/mol. The van der Waals surface area contributed by atoms with E-state index in [0.29, 0.717) is 17.2 Å². The van der Waals surface area contributed by atoms with E-state index >= 15 is 0 Å². The van der Waals surface area contributed by atoms with Gasteiger partial charge < -0.3 is 29.0 Å². The normalized spacial score (nSPS) is 14.2. The second kappa shape index (κ2) is 10.2. The van der Waals surface area contributed by atoms with Crippen LogP contribution in [0.5, 0.6) is 23.0 Å². The van der Waals surface area contributed by atoms with Crippen molar-refractivity contribution >= 4 is 17.9 Å². The predicted molar refractivity (Wildman–Crippen MR) is 108 cm³/mol. The summed E-state index contributed by atoms with van der Waals surface area (Å²) < 4.78 is 26.5. The van der Waals surface area contributed by atoms with Crippen LogP contribution in [0.3, 0.4) is 0 Å². The summed E-state index contributed by atoms with van der Waals surface area (Å²) in [6.07, 6.45) is -0.408. The molecule has 0 saturated carbocycles. The molecule has 0 spiro atoms. The van der Waals surface area contributed by atoms with Gasteiger partial charge in [-0.3, -0.25) is 10.1 Å². The average Bonchev–Trinajstić information content (AvgIpc) is 2.80. The summed E-state index contributed by atoms with van der Waals surface area (Å²) in [5, 5.41) is 4.59. The topological polar surface area (TPSA) is 121 Å². The maximum absolute atomic E-state index is 12.2. The number of ether oxygens (including phenoxy) is 5. The average molecular weight is 430 g/mol. The third-order valence-corrected chi connectivity index (χ3v) is 4.27. The standard InChI is InChI=1S/C21H22N2O8/c1-27-17-9-5-6-14(19(17)28-2)20(25)30-12-18(24)23-21(26)22-10-13-11-29-15-7-3-4-8-16(15)31-13/h3-9,13H,10-12H2,1-2H3,(H2,22,23,24,26). The molecule has 0 aromatic heterocycles. The highest BCUT2D eigenvalue weighted by Crippen LogP contribution is 2.31. The van der Waals surface area contributed by atoms with Crippen LogP contribution in [0.2, 0.25) is 0 Å². The van der Waals surface area contributed by atoms with Crippen LogP contribution in [0.4, 0.5) is 4.79 Å². The largest absolute Gasteiger partial charge is 0.493 e. The van der Waals surface area contributed by atoms with Crippen LogP contribution in [-0.2, 0) is 9.53 Å². The highest BCUT2D eigenvalue weighted by molar-refractivity contribution is 5.98. The Morgan fingerprint density at radius 3 is 2.55 bits per heavy atom. The van der Waals surface area contributed by atoms with Crippen LogP contribution < -0.4 is 29.6 Å². The molecule has 2 aromatic carbocycles. The van der Waals surface area contributed by atoms with Gasteiger partial charge in [-0.25, -0.2) is 9.59 Å². The number of rotatable bonds is 7. The lowest BCUT2D eigenvalue weighted by Crippen LogP contribution is -2.46. The third kappa shape index (κ3) is 5.56. The molecule has 1 aliphatic heterocycles. The van der Waals surface area contributed by atoms with E-state index in [1.807, 2.05) is 12.1 Å². The zero-order chi connectivity index (χ0) is 22.2. The summed E-state index contributed by atoms with van der Waals surface area (Å²) >= 11 is 0. The number of para-hydroxylation sites is 3. The number of fused-ring (bicyclic) bond motifs is 1. The number of benzene rings is 2. The van der Waals surface area contributed by atoms with Gasteiger partial charge in [-0.2, -0.15) is 0 Å². The molecule has 1 aliphatic rings. The second-order valence-corrected chi connectivity index (χ2v) is 6.37. The molecule has 0 fully saturated rings. The quantitative estimate of drug-likeness (QED) is 0.635. The first-order chi connectivity index (χ1) is 15.0. The Morgan fingerprint density at radius 2 is 1.81 bits per heavy atom. The molecule has 10 nitrogen and oxygen atoms in total. The lowest BCUT2D eigenvalue weighted by atomic mass is 10.2. The van der Waals surface area contributed by atoms with E-state index in [2.05, 4.69) is 10.6 Å². The predicted octanol–water partition coefficient (Wildman–Crippen LogP) is 1.53. The van der Waals surface area contributed by atoms with E-state index in [4.69, 9.17) is 23.7 Å². The summed E-state index contributed by atoms with van der Waals surface area (Å²) in [6, 6.07) is 11.1. The Hall–Kier alpha value is -3.95. The van der Waals surface area contributed by atoms with E-state index in [0.717, 1.165) is 0 Å². The summed E-state index contributed by atoms with van der Waals surface area (Å²) in [6.45, 7) is -0.275. The minimum Gasteiger partial charge on any atom is -0.493 e. The highest BCUT2D eigenvalue weighted by atomic mass is 16.6. The number of nitrogens with one attached hydrogen (secondary N) is 2. The van der Waals surface area contributed by atoms with Gasteiger partial charge in [0.25, 0.3) is 5.91 Å². The molecule has 31 heavy (non-hydrogen) atoms. The molecule has 10 heteroatoms. The smallest absolute Gasteiger partial charge is 0.342 e. The number of carbonyl (C=O) groups excluding carboxylic acids is 3. The molecule has 1 unspecified atom stereocenters. The first-order valence-electron chi connectivity index (χ1n) is 9.36. The van der Waals surface area contributed by atoms with E-state index in [9.17, 15) is 14.4 Å². The van der Waals surface area contributed by atoms with E-state index in [-0.39, 0.29) is 24.5 Å². The Balaban J connectivity index is 1.43. The number of hydrogen-bond donors (Lipinski definition) is 2. The van der Waals surface area contributed by atoms with Crippen molar-refractivity contribution in [2.75, 3.05) is 34.0 Å². The molecule has 0 aliphatic carbocycles. The van der Waals surface area contributed by atoms with Gasteiger partial charge >= 0.3 is 12.0 Å². The summed E-state index contributed by atoms with van der Waals surface area (Å²) in [5.41, 5.74) is 0.0915. The Kier molecular flexibility index (Phi) is 7.15. The lowest BCUT2D eigenvalue weighted by molar-refractivity contribution is -0.123. The Labute approximate surface area is 178 Å². The molecule has 3 amide bonds. The van der Waals surface area contributed by atoms with Crippen molar-refractivity contribution in [3.05, 3.63) is 48.0 Å². The highest BCUT2D eigenvalue weighted by Gasteiger charge is 2.22. The van der Waals surface area contributed by atoms with Crippen molar-refractivity contribution in [2.45, 2.75) is 6.10 Å². The molecule has 1 heterocycles. The van der Waals surface area contributed by atoms with Crippen LogP contribution in [0.1, 0.15) is 10.4 Å². The van der Waals surface area contributed by atoms with Crippen molar-refractivity contribution < 1.29 is 38.1 Å². The second-order valence-electron chi connectivity index (χ2n) is 6.37. The fourth-order valence-corrected chi connectivity index (χ4v) is 2.83. The Bertz CT molecular complexity index is 962. The van der Waals surface area contributed by atoms with Gasteiger partial charge in [-0.1, -0.05) is 18.2 Å². The van der Waals surface area contributed by atoms with E-state index in [1.54, 1.807) is 24.3 Å². The van der Waals surface area contributed by atoms with Gasteiger partial charge in [-0.05, 0) is 24.3 Å². The van der Waals surface area contributed by atoms with Gasteiger partial charge in [0, 0.05) is 0 Å². The van der Waals surface area contributed by atoms with Crippen LogP contribution in [-0.4, -0.2) is 58.0 Å². The maximum atomic E-state index is 12.2. The van der Waals surface area contributed by atoms with Crippen LogP contribution >= 0.6 is 0 Å². The van der Waals surface area contributed by atoms with Gasteiger partial charge in [0.15, 0.2) is 35.7 Å². The summed E-state index contributed by atoms with van der Waals surface area (Å²) in [5.74, 6) is 0.156. The molecule has 0 saturated heterocycles. The molecule has 2 N–H and O–H groups in total. The van der Waals surface area contributed by atoms with Crippen LogP contribution in [0.25, 0.3) is 0 Å². The fourth-order valence-electron chi connectivity index (χ4n) is 2.83. The van der Waals surface area contributed by atoms with Gasteiger partial charge in [0.1, 0.15) is 12.2 Å². The van der Waals surface area contributed by atoms with Crippen molar-refractivity contribution in [3.63, 3.8) is 0 Å². The minimum atomic E-state index is -0.794. The van der Waals surface area contributed by atoms with Gasteiger partial charge in [0.2, 0.25) is 0 Å². The molecule has 1 atom stereocenters. The number of amides is 3. The minimum absolute atomic E-state index is 0.0915. The molecule has 0 bridgehead atoms.